The molecule has 2 aliphatic rings. The van der Waals surface area contributed by atoms with Crippen LogP contribution in [-0.4, -0.2) is 60.0 Å². The summed E-state index contributed by atoms with van der Waals surface area (Å²) < 4.78 is 0. The van der Waals surface area contributed by atoms with Crippen LogP contribution >= 0.6 is 0 Å². The second-order valence-electron chi connectivity index (χ2n) is 5.91. The third-order valence-electron chi connectivity index (χ3n) is 4.40. The van der Waals surface area contributed by atoms with Crippen LogP contribution in [0.15, 0.2) is 6.33 Å². The molecule has 0 atom stereocenters. The molecule has 3 rings (SSSR count). The summed E-state index contributed by atoms with van der Waals surface area (Å²) in [6.07, 6.45) is 3.59. The Balaban J connectivity index is 1.94. The molecule has 7 nitrogen and oxygen atoms in total. The highest BCUT2D eigenvalue weighted by atomic mass is 16.2. The largest absolute Gasteiger partial charge is 0.370 e. The third-order valence-corrected chi connectivity index (χ3v) is 4.40. The van der Waals surface area contributed by atoms with Crippen LogP contribution < -0.4 is 15.5 Å². The molecule has 0 spiro atoms. The first-order chi connectivity index (χ1) is 10.7. The SMILES string of the molecule is CCNc1ncnc2c1CN(C1CCNCC1)C(=O)CN2C. The standard InChI is InChI=1S/C15H24N6O/c1-3-17-14-12-8-21(11-4-6-16-7-5-11)13(22)9-20(2)15(12)19-10-18-14/h10-11,16H,3-9H2,1-2H3,(H,17,18,19). The van der Waals surface area contributed by atoms with Crippen molar-refractivity contribution in [1.29, 1.82) is 0 Å². The molecule has 0 aromatic carbocycles. The highest BCUT2D eigenvalue weighted by Crippen LogP contribution is 2.29. The lowest BCUT2D eigenvalue weighted by molar-refractivity contribution is -0.133. The van der Waals surface area contributed by atoms with Crippen LogP contribution in [0.1, 0.15) is 25.3 Å². The van der Waals surface area contributed by atoms with E-state index < -0.39 is 0 Å². The number of rotatable bonds is 3. The van der Waals surface area contributed by atoms with Crippen LogP contribution in [0.2, 0.25) is 0 Å². The predicted molar refractivity (Wildman–Crippen MR) is 85.9 cm³/mol. The molecule has 7 heteroatoms. The number of hydrogen-bond donors (Lipinski definition) is 2. The van der Waals surface area contributed by atoms with E-state index in [-0.39, 0.29) is 5.91 Å². The molecule has 0 bridgehead atoms. The van der Waals surface area contributed by atoms with Gasteiger partial charge in [0.1, 0.15) is 18.0 Å². The topological polar surface area (TPSA) is 73.4 Å². The van der Waals surface area contributed by atoms with Gasteiger partial charge < -0.3 is 20.4 Å². The van der Waals surface area contributed by atoms with Crippen molar-refractivity contribution in [2.24, 2.45) is 0 Å². The van der Waals surface area contributed by atoms with Gasteiger partial charge in [-0.1, -0.05) is 0 Å². The number of piperidine rings is 1. The van der Waals surface area contributed by atoms with Gasteiger partial charge in [0.15, 0.2) is 0 Å². The van der Waals surface area contributed by atoms with E-state index in [1.54, 1.807) is 6.33 Å². The minimum atomic E-state index is 0.176. The number of anilines is 2. The zero-order valence-corrected chi connectivity index (χ0v) is 13.3. The number of aromatic nitrogens is 2. The Morgan fingerprint density at radius 2 is 2.09 bits per heavy atom. The quantitative estimate of drug-likeness (QED) is 0.844. The number of amides is 1. The summed E-state index contributed by atoms with van der Waals surface area (Å²) in [5, 5.41) is 6.65. The number of nitrogens with zero attached hydrogens (tertiary/aromatic N) is 4. The maximum absolute atomic E-state index is 12.7. The molecule has 1 fully saturated rings. The van der Waals surface area contributed by atoms with Crippen molar-refractivity contribution in [2.75, 3.05) is 43.4 Å². The molecule has 2 N–H and O–H groups in total. The van der Waals surface area contributed by atoms with Crippen LogP contribution in [0.25, 0.3) is 0 Å². The molecule has 1 aromatic heterocycles. The van der Waals surface area contributed by atoms with Gasteiger partial charge in [0.05, 0.1) is 18.7 Å². The Kier molecular flexibility index (Phi) is 4.42. The summed E-state index contributed by atoms with van der Waals surface area (Å²) in [6.45, 7) is 5.76. The lowest BCUT2D eigenvalue weighted by Crippen LogP contribution is -2.47. The van der Waals surface area contributed by atoms with Gasteiger partial charge in [0, 0.05) is 19.6 Å². The van der Waals surface area contributed by atoms with Crippen LogP contribution in [0.3, 0.4) is 0 Å². The predicted octanol–water partition coefficient (Wildman–Crippen LogP) is 0.439. The monoisotopic (exact) mass is 304 g/mol. The Morgan fingerprint density at radius 1 is 1.32 bits per heavy atom. The zero-order valence-electron chi connectivity index (χ0n) is 13.3. The van der Waals surface area contributed by atoms with E-state index in [1.165, 1.54) is 0 Å². The molecule has 0 saturated carbocycles. The first-order valence-corrected chi connectivity index (χ1v) is 7.99. The van der Waals surface area contributed by atoms with E-state index in [0.29, 0.717) is 19.1 Å². The molecule has 0 radical (unpaired) electrons. The molecule has 120 valence electrons. The summed E-state index contributed by atoms with van der Waals surface area (Å²) in [6, 6.07) is 0.308. The second-order valence-corrected chi connectivity index (χ2v) is 5.91. The summed E-state index contributed by atoms with van der Waals surface area (Å²) >= 11 is 0. The van der Waals surface area contributed by atoms with Crippen molar-refractivity contribution >= 4 is 17.5 Å². The molecule has 22 heavy (non-hydrogen) atoms. The molecular weight excluding hydrogens is 280 g/mol. The van der Waals surface area contributed by atoms with Gasteiger partial charge in [-0.2, -0.15) is 0 Å². The van der Waals surface area contributed by atoms with Gasteiger partial charge in [-0.3, -0.25) is 4.79 Å². The number of fused-ring (bicyclic) bond motifs is 1. The average Bonchev–Trinajstić information content (AvgIpc) is 2.66. The van der Waals surface area contributed by atoms with E-state index in [9.17, 15) is 4.79 Å². The van der Waals surface area contributed by atoms with Crippen molar-refractivity contribution in [1.82, 2.24) is 20.2 Å². The van der Waals surface area contributed by atoms with Crippen molar-refractivity contribution in [3.63, 3.8) is 0 Å². The molecule has 1 amide bonds. The minimum Gasteiger partial charge on any atom is -0.370 e. The Morgan fingerprint density at radius 3 is 2.82 bits per heavy atom. The summed E-state index contributed by atoms with van der Waals surface area (Å²) in [5.74, 6) is 1.87. The van der Waals surface area contributed by atoms with E-state index in [2.05, 4.69) is 20.6 Å². The number of nitrogens with one attached hydrogen (secondary N) is 2. The van der Waals surface area contributed by atoms with Gasteiger partial charge in [0.25, 0.3) is 0 Å². The van der Waals surface area contributed by atoms with E-state index in [1.807, 2.05) is 23.8 Å². The molecule has 1 saturated heterocycles. The Labute approximate surface area is 131 Å². The summed E-state index contributed by atoms with van der Waals surface area (Å²) in [4.78, 5) is 25.4. The number of carbonyl (C=O) groups excluding carboxylic acids is 1. The molecule has 2 aliphatic heterocycles. The third kappa shape index (κ3) is 2.85. The highest BCUT2D eigenvalue weighted by molar-refractivity contribution is 5.83. The summed E-state index contributed by atoms with van der Waals surface area (Å²) in [5.41, 5.74) is 1.02. The lowest BCUT2D eigenvalue weighted by atomic mass is 10.0. The van der Waals surface area contributed by atoms with E-state index in [4.69, 9.17) is 0 Å². The smallest absolute Gasteiger partial charge is 0.242 e. The first-order valence-electron chi connectivity index (χ1n) is 7.99. The van der Waals surface area contributed by atoms with Crippen LogP contribution in [0.4, 0.5) is 11.6 Å². The number of likely N-dealkylation sites (N-methyl/N-ethyl adjacent to an activating group) is 1. The minimum absolute atomic E-state index is 0.176. The fourth-order valence-electron chi connectivity index (χ4n) is 3.28. The summed E-state index contributed by atoms with van der Waals surface area (Å²) in [7, 11) is 1.92. The Hall–Kier alpha value is -1.89. The van der Waals surface area contributed by atoms with Crippen molar-refractivity contribution in [2.45, 2.75) is 32.4 Å². The fourth-order valence-corrected chi connectivity index (χ4v) is 3.28. The molecule has 3 heterocycles. The second kappa shape index (κ2) is 6.48. The van der Waals surface area contributed by atoms with E-state index >= 15 is 0 Å². The van der Waals surface area contributed by atoms with Gasteiger partial charge in [-0.05, 0) is 32.9 Å². The van der Waals surface area contributed by atoms with Crippen LogP contribution in [0, 0.1) is 0 Å². The molecule has 1 aromatic rings. The van der Waals surface area contributed by atoms with Gasteiger partial charge in [-0.25, -0.2) is 9.97 Å². The molecular formula is C15H24N6O. The zero-order chi connectivity index (χ0) is 15.5. The maximum atomic E-state index is 12.7. The van der Waals surface area contributed by atoms with E-state index in [0.717, 1.165) is 49.7 Å². The maximum Gasteiger partial charge on any atom is 0.242 e. The normalized spacial score (nSPS) is 19.8. The number of carbonyl (C=O) groups is 1. The highest BCUT2D eigenvalue weighted by Gasteiger charge is 2.31. The van der Waals surface area contributed by atoms with Crippen molar-refractivity contribution in [3.05, 3.63) is 11.9 Å². The van der Waals surface area contributed by atoms with Gasteiger partial charge in [-0.15, -0.1) is 0 Å². The first kappa shape index (κ1) is 15.0. The van der Waals surface area contributed by atoms with Crippen LogP contribution in [-0.2, 0) is 11.3 Å². The average molecular weight is 304 g/mol. The van der Waals surface area contributed by atoms with Crippen molar-refractivity contribution in [3.8, 4) is 0 Å². The van der Waals surface area contributed by atoms with Gasteiger partial charge in [0.2, 0.25) is 5.91 Å². The molecule has 0 unspecified atom stereocenters. The van der Waals surface area contributed by atoms with Crippen molar-refractivity contribution < 1.29 is 4.79 Å². The Bertz CT molecular complexity index is 543. The van der Waals surface area contributed by atoms with Crippen LogP contribution in [0.5, 0.6) is 0 Å². The molecule has 0 aliphatic carbocycles. The number of hydrogen-bond acceptors (Lipinski definition) is 6. The fraction of sp³-hybridized carbons (Fsp3) is 0.667. The van der Waals surface area contributed by atoms with Gasteiger partial charge >= 0.3 is 0 Å². The lowest BCUT2D eigenvalue weighted by Gasteiger charge is -2.34.